The minimum absolute atomic E-state index is 0.218. The summed E-state index contributed by atoms with van der Waals surface area (Å²) in [4.78, 5) is 5.72. The summed E-state index contributed by atoms with van der Waals surface area (Å²) in [6, 6.07) is 15.8. The molecule has 3 nitrogen and oxygen atoms in total. The minimum atomic E-state index is -0.845. The van der Waals surface area contributed by atoms with Crippen LogP contribution >= 0.6 is 0 Å². The zero-order chi connectivity index (χ0) is 24.4. The van der Waals surface area contributed by atoms with Gasteiger partial charge in [0.25, 0.3) is 0 Å². The van der Waals surface area contributed by atoms with Gasteiger partial charge in [0.15, 0.2) is 0 Å². The number of aromatic nitrogens is 1. The number of likely N-dealkylation sites (tertiary alicyclic amines) is 1. The molecule has 3 aromatic rings. The first-order chi connectivity index (χ1) is 16.9. The van der Waals surface area contributed by atoms with Crippen molar-refractivity contribution < 1.29 is 9.50 Å². The molecule has 4 heteroatoms. The molecular formula is C31H37FN2O. The summed E-state index contributed by atoms with van der Waals surface area (Å²) in [5.41, 5.74) is 8.24. The van der Waals surface area contributed by atoms with Crippen LogP contribution in [-0.2, 0) is 12.8 Å². The van der Waals surface area contributed by atoms with Crippen LogP contribution in [0.1, 0.15) is 55.4 Å². The van der Waals surface area contributed by atoms with Gasteiger partial charge in [0.2, 0.25) is 0 Å². The van der Waals surface area contributed by atoms with E-state index in [2.05, 4.69) is 58.4 Å². The van der Waals surface area contributed by atoms with E-state index in [4.69, 9.17) is 0 Å². The van der Waals surface area contributed by atoms with Gasteiger partial charge in [0, 0.05) is 36.7 Å². The van der Waals surface area contributed by atoms with Crippen LogP contribution in [0.2, 0.25) is 0 Å². The number of H-pyrrole nitrogens is 1. The average molecular weight is 473 g/mol. The molecule has 2 heterocycles. The fraction of sp³-hybridized carbons (Fsp3) is 0.419. The highest BCUT2D eigenvalue weighted by Gasteiger charge is 2.26. The lowest BCUT2D eigenvalue weighted by Crippen LogP contribution is -2.47. The summed E-state index contributed by atoms with van der Waals surface area (Å²) < 4.78 is 12.4. The molecule has 1 fully saturated rings. The molecule has 2 aromatic carbocycles. The number of aliphatic hydroxyl groups is 1. The van der Waals surface area contributed by atoms with E-state index in [-0.39, 0.29) is 6.67 Å². The Morgan fingerprint density at radius 1 is 1.09 bits per heavy atom. The van der Waals surface area contributed by atoms with Crippen LogP contribution in [-0.4, -0.2) is 46.9 Å². The summed E-state index contributed by atoms with van der Waals surface area (Å²) in [5, 5.41) is 11.7. The van der Waals surface area contributed by atoms with Crippen molar-refractivity contribution in [3.63, 3.8) is 0 Å². The monoisotopic (exact) mass is 472 g/mol. The Kier molecular flexibility index (Phi) is 6.95. The largest absolute Gasteiger partial charge is 0.386 e. The number of nitrogens with zero attached hydrogens (tertiary/aromatic N) is 1. The van der Waals surface area contributed by atoms with Gasteiger partial charge in [0.1, 0.15) is 0 Å². The van der Waals surface area contributed by atoms with Gasteiger partial charge in [-0.05, 0) is 97.4 Å². The molecule has 35 heavy (non-hydrogen) atoms. The number of nitrogens with one attached hydrogen (secondary N) is 1. The van der Waals surface area contributed by atoms with Crippen LogP contribution in [0.5, 0.6) is 0 Å². The molecule has 0 atom stereocenters. The number of benzene rings is 2. The third kappa shape index (κ3) is 5.44. The Labute approximate surface area is 208 Å². The topological polar surface area (TPSA) is 39.3 Å². The SMILES string of the molecule is CC(C)(O)/C=C/C1=C(c2ccc(CC3CN(CCCF)C3)cc2)c2ccc3[nH]ccc3c2CCC1. The zero-order valence-electron chi connectivity index (χ0n) is 21.0. The first kappa shape index (κ1) is 24.0. The Hall–Kier alpha value is -2.69. The van der Waals surface area contributed by atoms with Gasteiger partial charge in [-0.15, -0.1) is 0 Å². The van der Waals surface area contributed by atoms with Gasteiger partial charge in [-0.25, -0.2) is 0 Å². The Morgan fingerprint density at radius 2 is 1.89 bits per heavy atom. The van der Waals surface area contributed by atoms with Gasteiger partial charge in [0.05, 0.1) is 12.3 Å². The van der Waals surface area contributed by atoms with E-state index in [9.17, 15) is 9.50 Å². The summed E-state index contributed by atoms with van der Waals surface area (Å²) in [6.07, 6.45) is 10.9. The van der Waals surface area contributed by atoms with Gasteiger partial charge >= 0.3 is 0 Å². The maximum absolute atomic E-state index is 12.4. The number of aromatic amines is 1. The number of fused-ring (bicyclic) bond motifs is 3. The standard InChI is InChI=1S/C31H37FN2O/c1-31(2,35)15-13-24-5-3-6-26-27-14-17-33-29(27)12-11-28(26)30(24)25-9-7-22(8-10-25)19-23-20-34(21-23)18-4-16-32/h7-15,17,23,33,35H,3-6,16,18-21H2,1-2H3/b15-13+. The predicted molar refractivity (Wildman–Crippen MR) is 143 cm³/mol. The average Bonchev–Trinajstić information content (AvgIpc) is 3.21. The third-order valence-corrected chi connectivity index (χ3v) is 7.41. The number of hydrogen-bond donors (Lipinski definition) is 2. The van der Waals surface area contributed by atoms with Crippen molar-refractivity contribution in [2.45, 2.75) is 51.6 Å². The maximum Gasteiger partial charge on any atom is 0.0906 e. The highest BCUT2D eigenvalue weighted by molar-refractivity contribution is 5.94. The molecule has 1 aliphatic carbocycles. The molecule has 0 radical (unpaired) electrons. The van der Waals surface area contributed by atoms with Gasteiger partial charge in [-0.1, -0.05) is 42.5 Å². The van der Waals surface area contributed by atoms with E-state index in [0.717, 1.165) is 45.3 Å². The lowest BCUT2D eigenvalue weighted by Gasteiger charge is -2.39. The molecule has 0 spiro atoms. The van der Waals surface area contributed by atoms with Crippen LogP contribution < -0.4 is 0 Å². The van der Waals surface area contributed by atoms with Crippen molar-refractivity contribution in [3.8, 4) is 0 Å². The third-order valence-electron chi connectivity index (χ3n) is 7.41. The first-order valence-electron chi connectivity index (χ1n) is 13.0. The second kappa shape index (κ2) is 10.1. The summed E-state index contributed by atoms with van der Waals surface area (Å²) in [6.45, 7) is 6.48. The normalized spacial score (nSPS) is 17.7. The molecule has 0 bridgehead atoms. The van der Waals surface area contributed by atoms with Crippen molar-refractivity contribution in [2.24, 2.45) is 5.92 Å². The second-order valence-electron chi connectivity index (χ2n) is 10.8. The summed E-state index contributed by atoms with van der Waals surface area (Å²) in [5.74, 6) is 0.672. The molecule has 0 unspecified atom stereocenters. The molecule has 1 saturated heterocycles. The fourth-order valence-corrected chi connectivity index (χ4v) is 5.68. The van der Waals surface area contributed by atoms with E-state index in [0.29, 0.717) is 12.3 Å². The molecule has 2 N–H and O–H groups in total. The van der Waals surface area contributed by atoms with Crippen LogP contribution in [0.15, 0.2) is 66.4 Å². The lowest BCUT2D eigenvalue weighted by atomic mass is 9.87. The smallest absolute Gasteiger partial charge is 0.0906 e. The summed E-state index contributed by atoms with van der Waals surface area (Å²) >= 11 is 0. The van der Waals surface area contributed by atoms with E-state index in [1.54, 1.807) is 0 Å². The predicted octanol–water partition coefficient (Wildman–Crippen LogP) is 6.47. The number of allylic oxidation sites excluding steroid dienone is 2. The Morgan fingerprint density at radius 3 is 2.63 bits per heavy atom. The number of halogens is 1. The van der Waals surface area contributed by atoms with Crippen molar-refractivity contribution in [2.75, 3.05) is 26.3 Å². The number of hydrogen-bond acceptors (Lipinski definition) is 2. The van der Waals surface area contributed by atoms with E-state index in [1.807, 2.05) is 26.1 Å². The van der Waals surface area contributed by atoms with Gasteiger partial charge < -0.3 is 15.0 Å². The van der Waals surface area contributed by atoms with E-state index < -0.39 is 5.60 Å². The van der Waals surface area contributed by atoms with Crippen LogP contribution in [0, 0.1) is 5.92 Å². The van der Waals surface area contributed by atoms with E-state index >= 15 is 0 Å². The van der Waals surface area contributed by atoms with Crippen molar-refractivity contribution >= 4 is 16.5 Å². The van der Waals surface area contributed by atoms with Crippen LogP contribution in [0.4, 0.5) is 4.39 Å². The summed E-state index contributed by atoms with van der Waals surface area (Å²) in [7, 11) is 0. The number of aryl methyl sites for hydroxylation is 1. The highest BCUT2D eigenvalue weighted by Crippen LogP contribution is 2.39. The highest BCUT2D eigenvalue weighted by atomic mass is 19.1. The van der Waals surface area contributed by atoms with Crippen LogP contribution in [0.3, 0.4) is 0 Å². The lowest BCUT2D eigenvalue weighted by molar-refractivity contribution is 0.0968. The van der Waals surface area contributed by atoms with Crippen molar-refractivity contribution in [3.05, 3.63) is 88.6 Å². The molecule has 2 aliphatic rings. The molecule has 5 rings (SSSR count). The Bertz CT molecular complexity index is 1220. The molecule has 0 amide bonds. The van der Waals surface area contributed by atoms with Crippen molar-refractivity contribution in [1.82, 2.24) is 9.88 Å². The van der Waals surface area contributed by atoms with Gasteiger partial charge in [-0.2, -0.15) is 0 Å². The fourth-order valence-electron chi connectivity index (χ4n) is 5.68. The van der Waals surface area contributed by atoms with Crippen molar-refractivity contribution in [1.29, 1.82) is 0 Å². The second-order valence-corrected chi connectivity index (χ2v) is 10.8. The van der Waals surface area contributed by atoms with Crippen LogP contribution in [0.25, 0.3) is 16.5 Å². The Balaban J connectivity index is 1.46. The maximum atomic E-state index is 12.4. The number of rotatable bonds is 8. The molecule has 1 aromatic heterocycles. The zero-order valence-corrected chi connectivity index (χ0v) is 21.0. The first-order valence-corrected chi connectivity index (χ1v) is 13.0. The molecule has 0 saturated carbocycles. The van der Waals surface area contributed by atoms with E-state index in [1.165, 1.54) is 44.3 Å². The van der Waals surface area contributed by atoms with Gasteiger partial charge in [-0.3, -0.25) is 4.39 Å². The molecule has 184 valence electrons. The molecular weight excluding hydrogens is 435 g/mol. The molecule has 1 aliphatic heterocycles. The quantitative estimate of drug-likeness (QED) is 0.395. The number of alkyl halides is 1. The minimum Gasteiger partial charge on any atom is -0.386 e.